The van der Waals surface area contributed by atoms with Gasteiger partial charge in [0.05, 0.1) is 6.61 Å². The number of benzene rings is 3. The third-order valence-corrected chi connectivity index (χ3v) is 7.68. The minimum absolute atomic E-state index is 0.000154. The molecule has 7 heteroatoms. The molecule has 0 bridgehead atoms. The number of alkyl halides is 3. The summed E-state index contributed by atoms with van der Waals surface area (Å²) in [6.07, 6.45) is -2.75. The second-order valence-electron chi connectivity index (χ2n) is 10.2. The van der Waals surface area contributed by atoms with E-state index >= 15 is 13.2 Å². The molecule has 3 aromatic rings. The number of phenols is 3. The predicted molar refractivity (Wildman–Crippen MR) is 148 cm³/mol. The summed E-state index contributed by atoms with van der Waals surface area (Å²) in [7, 11) is 0. The fourth-order valence-corrected chi connectivity index (χ4v) is 5.78. The van der Waals surface area contributed by atoms with Crippen LogP contribution in [0.25, 0.3) is 0 Å². The SMILES string of the molecule is CCCc1c(C)c(C(c2ccc(O)c(OCC)c2)(c2cc(C)c(O)c(CCC)c2C)C(F)(F)F)cc(C)c1O. The molecule has 0 saturated heterocycles. The topological polar surface area (TPSA) is 69.9 Å². The molecule has 0 unspecified atom stereocenters. The Hall–Kier alpha value is -3.35. The number of hydrogen-bond acceptors (Lipinski definition) is 4. The van der Waals surface area contributed by atoms with Gasteiger partial charge in [-0.05, 0) is 110 Å². The van der Waals surface area contributed by atoms with E-state index in [2.05, 4.69) is 0 Å². The number of hydrogen-bond donors (Lipinski definition) is 3. The maximum absolute atomic E-state index is 16.1. The van der Waals surface area contributed by atoms with Crippen LogP contribution in [0.15, 0.2) is 30.3 Å². The van der Waals surface area contributed by atoms with Crippen LogP contribution in [0.1, 0.15) is 83.7 Å². The van der Waals surface area contributed by atoms with E-state index in [9.17, 15) is 15.3 Å². The molecule has 3 rings (SSSR count). The van der Waals surface area contributed by atoms with E-state index in [-0.39, 0.29) is 46.3 Å². The molecule has 0 fully saturated rings. The average molecular weight is 545 g/mol. The highest BCUT2D eigenvalue weighted by Gasteiger charge is 2.60. The Morgan fingerprint density at radius 1 is 0.718 bits per heavy atom. The molecule has 3 aromatic carbocycles. The van der Waals surface area contributed by atoms with Gasteiger partial charge < -0.3 is 20.1 Å². The highest BCUT2D eigenvalue weighted by atomic mass is 19.4. The Balaban J connectivity index is 2.69. The Bertz CT molecular complexity index is 1290. The third-order valence-electron chi connectivity index (χ3n) is 7.68. The van der Waals surface area contributed by atoms with Crippen molar-refractivity contribution < 1.29 is 33.2 Å². The van der Waals surface area contributed by atoms with Crippen molar-refractivity contribution in [2.75, 3.05) is 6.61 Å². The summed E-state index contributed by atoms with van der Waals surface area (Å²) in [4.78, 5) is 0. The minimum Gasteiger partial charge on any atom is -0.507 e. The lowest BCUT2D eigenvalue weighted by Crippen LogP contribution is -2.46. The fraction of sp³-hybridized carbons (Fsp3) is 0.438. The van der Waals surface area contributed by atoms with Crippen LogP contribution in [-0.4, -0.2) is 28.1 Å². The third kappa shape index (κ3) is 5.04. The van der Waals surface area contributed by atoms with E-state index in [0.29, 0.717) is 59.1 Å². The van der Waals surface area contributed by atoms with Crippen molar-refractivity contribution in [2.45, 2.75) is 85.7 Å². The highest BCUT2D eigenvalue weighted by Crippen LogP contribution is 2.56. The van der Waals surface area contributed by atoms with Gasteiger partial charge in [0.15, 0.2) is 11.5 Å². The maximum atomic E-state index is 16.1. The van der Waals surface area contributed by atoms with E-state index in [1.54, 1.807) is 34.6 Å². The molecule has 39 heavy (non-hydrogen) atoms. The molecule has 0 radical (unpaired) electrons. The van der Waals surface area contributed by atoms with Gasteiger partial charge in [0.25, 0.3) is 0 Å². The van der Waals surface area contributed by atoms with Crippen LogP contribution in [0.4, 0.5) is 13.2 Å². The lowest BCUT2D eigenvalue weighted by Gasteiger charge is -2.41. The van der Waals surface area contributed by atoms with Crippen molar-refractivity contribution in [1.82, 2.24) is 0 Å². The second-order valence-corrected chi connectivity index (χ2v) is 10.2. The summed E-state index contributed by atoms with van der Waals surface area (Å²) in [6.45, 7) is 12.1. The first-order chi connectivity index (χ1) is 18.3. The van der Waals surface area contributed by atoms with Crippen LogP contribution >= 0.6 is 0 Å². The minimum atomic E-state index is -4.86. The Kier molecular flexibility index (Phi) is 8.83. The van der Waals surface area contributed by atoms with Gasteiger partial charge in [0.1, 0.15) is 16.9 Å². The van der Waals surface area contributed by atoms with Crippen LogP contribution in [0, 0.1) is 27.7 Å². The van der Waals surface area contributed by atoms with Gasteiger partial charge in [-0.25, -0.2) is 0 Å². The summed E-state index contributed by atoms with van der Waals surface area (Å²) in [5.74, 6) is -0.305. The summed E-state index contributed by atoms with van der Waals surface area (Å²) in [5.41, 5.74) is -0.466. The Morgan fingerprint density at radius 2 is 1.18 bits per heavy atom. The van der Waals surface area contributed by atoms with Crippen molar-refractivity contribution in [3.63, 3.8) is 0 Å². The van der Waals surface area contributed by atoms with Gasteiger partial charge in [0.2, 0.25) is 0 Å². The van der Waals surface area contributed by atoms with Gasteiger partial charge in [-0.2, -0.15) is 13.2 Å². The van der Waals surface area contributed by atoms with E-state index in [1.165, 1.54) is 30.3 Å². The Morgan fingerprint density at radius 3 is 1.56 bits per heavy atom. The van der Waals surface area contributed by atoms with Gasteiger partial charge >= 0.3 is 6.18 Å². The molecule has 0 amide bonds. The Labute approximate surface area is 229 Å². The van der Waals surface area contributed by atoms with Crippen molar-refractivity contribution in [1.29, 1.82) is 0 Å². The molecule has 0 heterocycles. The molecular formula is C32H39F3O4. The predicted octanol–water partition coefficient (Wildman–Crippen LogP) is 8.24. The van der Waals surface area contributed by atoms with Crippen molar-refractivity contribution in [2.24, 2.45) is 0 Å². The van der Waals surface area contributed by atoms with Gasteiger partial charge in [0, 0.05) is 0 Å². The molecule has 3 N–H and O–H groups in total. The highest BCUT2D eigenvalue weighted by molar-refractivity contribution is 5.65. The zero-order chi connectivity index (χ0) is 29.3. The van der Waals surface area contributed by atoms with Crippen LogP contribution in [0.5, 0.6) is 23.0 Å². The summed E-state index contributed by atoms with van der Waals surface area (Å²) < 4.78 is 53.8. The number of aryl methyl sites for hydroxylation is 2. The van der Waals surface area contributed by atoms with Crippen LogP contribution in [0.3, 0.4) is 0 Å². The normalized spacial score (nSPS) is 12.2. The first-order valence-corrected chi connectivity index (χ1v) is 13.5. The van der Waals surface area contributed by atoms with E-state index in [0.717, 1.165) is 0 Å². The molecule has 0 saturated carbocycles. The number of halogens is 3. The summed E-state index contributed by atoms with van der Waals surface area (Å²) >= 11 is 0. The fourth-order valence-electron chi connectivity index (χ4n) is 5.78. The van der Waals surface area contributed by atoms with E-state index in [4.69, 9.17) is 4.74 Å². The van der Waals surface area contributed by atoms with Crippen LogP contribution in [0.2, 0.25) is 0 Å². The van der Waals surface area contributed by atoms with Crippen molar-refractivity contribution in [3.05, 3.63) is 80.4 Å². The van der Waals surface area contributed by atoms with Gasteiger partial charge in [-0.3, -0.25) is 0 Å². The number of rotatable bonds is 9. The lowest BCUT2D eigenvalue weighted by atomic mass is 9.64. The first-order valence-electron chi connectivity index (χ1n) is 13.5. The first kappa shape index (κ1) is 30.2. The van der Waals surface area contributed by atoms with Crippen molar-refractivity contribution >= 4 is 0 Å². The zero-order valence-corrected chi connectivity index (χ0v) is 23.8. The quantitative estimate of drug-likeness (QED) is 0.237. The lowest BCUT2D eigenvalue weighted by molar-refractivity contribution is -0.166. The number of aromatic hydroxyl groups is 3. The standard InChI is InChI=1S/C32H39F3O4/c1-8-11-23-20(6)25(15-18(4)29(23)37)31(32(33,34)35,22-13-14-27(36)28(17-22)39-10-3)26-16-19(5)30(38)24(12-9-2)21(26)7/h13-17,36-38H,8-12H2,1-7H3. The van der Waals surface area contributed by atoms with Crippen LogP contribution < -0.4 is 4.74 Å². The smallest absolute Gasteiger partial charge is 0.406 e. The number of phenolic OH excluding ortho intramolecular Hbond substituents is 3. The van der Waals surface area contributed by atoms with Gasteiger partial charge in [-0.1, -0.05) is 44.9 Å². The maximum Gasteiger partial charge on any atom is 0.406 e. The monoisotopic (exact) mass is 544 g/mol. The van der Waals surface area contributed by atoms with Crippen molar-refractivity contribution in [3.8, 4) is 23.0 Å². The largest absolute Gasteiger partial charge is 0.507 e. The molecule has 212 valence electrons. The molecule has 0 aliphatic heterocycles. The molecule has 0 atom stereocenters. The summed E-state index contributed by atoms with van der Waals surface area (Å²) in [6, 6.07) is 6.62. The second kappa shape index (κ2) is 11.4. The average Bonchev–Trinajstić information content (AvgIpc) is 2.87. The molecule has 0 aliphatic rings. The molecule has 4 nitrogen and oxygen atoms in total. The molecular weight excluding hydrogens is 505 g/mol. The van der Waals surface area contributed by atoms with Gasteiger partial charge in [-0.15, -0.1) is 0 Å². The zero-order valence-electron chi connectivity index (χ0n) is 23.8. The molecule has 0 aliphatic carbocycles. The van der Waals surface area contributed by atoms with E-state index < -0.39 is 11.6 Å². The van der Waals surface area contributed by atoms with Crippen LogP contribution in [-0.2, 0) is 18.3 Å². The number of ether oxygens (including phenoxy) is 1. The van der Waals surface area contributed by atoms with E-state index in [1.807, 2.05) is 13.8 Å². The molecule has 0 spiro atoms. The summed E-state index contributed by atoms with van der Waals surface area (Å²) in [5, 5.41) is 32.2. The molecule has 0 aromatic heterocycles.